The maximum Gasteiger partial charge on any atom is 0.253 e. The number of thiophene rings is 1. The highest BCUT2D eigenvalue weighted by Crippen LogP contribution is 2.32. The molecule has 1 saturated heterocycles. The molecule has 1 aliphatic rings. The molecule has 4 aromatic heterocycles. The number of fused-ring (bicyclic) bond motifs is 1. The van der Waals surface area contributed by atoms with Crippen LogP contribution in [0.25, 0.3) is 21.3 Å². The van der Waals surface area contributed by atoms with Crippen LogP contribution in [0.2, 0.25) is 0 Å². The Morgan fingerprint density at radius 1 is 1.03 bits per heavy atom. The molecule has 5 heterocycles. The molecule has 0 unspecified atom stereocenters. The molecule has 0 spiro atoms. The van der Waals surface area contributed by atoms with E-state index in [0.29, 0.717) is 13.1 Å². The lowest BCUT2D eigenvalue weighted by atomic mass is 10.2. The normalized spacial score (nSPS) is 15.6. The molecule has 158 valence electrons. The summed E-state index contributed by atoms with van der Waals surface area (Å²) in [4.78, 5) is 26.6. The van der Waals surface area contributed by atoms with Crippen molar-refractivity contribution in [3.05, 3.63) is 66.9 Å². The number of sulfonamides is 1. The number of hydrogen-bond donors (Lipinski definition) is 1. The summed E-state index contributed by atoms with van der Waals surface area (Å²) in [5, 5.41) is 0.980. The lowest BCUT2D eigenvalue weighted by molar-refractivity contribution is -0.134. The predicted octanol–water partition coefficient (Wildman–Crippen LogP) is 2.72. The summed E-state index contributed by atoms with van der Waals surface area (Å²) in [7, 11) is -3.73. The summed E-state index contributed by atoms with van der Waals surface area (Å²) in [6, 6.07) is 10.9. The Bertz CT molecular complexity index is 1310. The van der Waals surface area contributed by atoms with E-state index < -0.39 is 10.0 Å². The van der Waals surface area contributed by atoms with E-state index in [9.17, 15) is 13.2 Å². The second kappa shape index (κ2) is 7.88. The van der Waals surface area contributed by atoms with Crippen LogP contribution in [0.5, 0.6) is 0 Å². The number of hydrogen-bond acceptors (Lipinski definition) is 6. The molecule has 31 heavy (non-hydrogen) atoms. The second-order valence-electron chi connectivity index (χ2n) is 7.27. The molecule has 1 N–H and O–H groups in total. The molecule has 10 heteroatoms. The number of aromatic nitrogens is 3. The van der Waals surface area contributed by atoms with Crippen molar-refractivity contribution in [1.82, 2.24) is 24.2 Å². The van der Waals surface area contributed by atoms with Crippen LogP contribution >= 0.6 is 11.3 Å². The third-order valence-electron chi connectivity index (χ3n) is 5.26. The predicted molar refractivity (Wildman–Crippen MR) is 118 cm³/mol. The van der Waals surface area contributed by atoms with Crippen LogP contribution in [0.15, 0.2) is 65.4 Å². The van der Waals surface area contributed by atoms with Crippen LogP contribution in [-0.2, 0) is 21.4 Å². The van der Waals surface area contributed by atoms with Gasteiger partial charge in [-0.15, -0.1) is 11.3 Å². The first-order valence-corrected chi connectivity index (χ1v) is 12.0. The zero-order valence-corrected chi connectivity index (χ0v) is 18.1. The molecule has 1 aliphatic heterocycles. The maximum atomic E-state index is 13.1. The van der Waals surface area contributed by atoms with Gasteiger partial charge in [0.1, 0.15) is 4.21 Å². The van der Waals surface area contributed by atoms with E-state index in [0.717, 1.165) is 27.0 Å². The quantitative estimate of drug-likeness (QED) is 0.501. The molecule has 1 fully saturated rings. The SMILES string of the molecule is O=C1CN(S(=O)(=O)c2ccc(-c3ccncc3)s2)CCN1Cc1cc2cnccc2[nH]1. The van der Waals surface area contributed by atoms with Gasteiger partial charge in [-0.05, 0) is 42.0 Å². The van der Waals surface area contributed by atoms with E-state index in [2.05, 4.69) is 15.0 Å². The van der Waals surface area contributed by atoms with Crippen LogP contribution in [0.4, 0.5) is 0 Å². The number of amides is 1. The number of piperazine rings is 1. The Labute approximate surface area is 183 Å². The summed E-state index contributed by atoms with van der Waals surface area (Å²) in [5.74, 6) is -0.211. The number of nitrogens with one attached hydrogen (secondary N) is 1. The summed E-state index contributed by atoms with van der Waals surface area (Å²) in [6.45, 7) is 0.853. The first kappa shape index (κ1) is 19.9. The Morgan fingerprint density at radius 2 is 1.84 bits per heavy atom. The number of pyridine rings is 2. The van der Waals surface area contributed by atoms with Crippen molar-refractivity contribution in [2.24, 2.45) is 0 Å². The lowest BCUT2D eigenvalue weighted by Crippen LogP contribution is -2.51. The highest BCUT2D eigenvalue weighted by atomic mass is 32.2. The van der Waals surface area contributed by atoms with Crippen molar-refractivity contribution in [3.8, 4) is 10.4 Å². The fraction of sp³-hybridized carbons (Fsp3) is 0.190. The molecule has 8 nitrogen and oxygen atoms in total. The van der Waals surface area contributed by atoms with Crippen molar-refractivity contribution in [3.63, 3.8) is 0 Å². The number of carbonyl (C=O) groups excluding carboxylic acids is 1. The van der Waals surface area contributed by atoms with Gasteiger partial charge in [0.05, 0.1) is 13.1 Å². The molecule has 0 bridgehead atoms. The first-order valence-electron chi connectivity index (χ1n) is 9.70. The number of nitrogens with zero attached hydrogens (tertiary/aromatic N) is 4. The van der Waals surface area contributed by atoms with Crippen molar-refractivity contribution in [2.75, 3.05) is 19.6 Å². The van der Waals surface area contributed by atoms with Crippen molar-refractivity contribution in [1.29, 1.82) is 0 Å². The molecule has 0 aromatic carbocycles. The number of aromatic amines is 1. The molecule has 1 amide bonds. The maximum absolute atomic E-state index is 13.1. The summed E-state index contributed by atoms with van der Waals surface area (Å²) in [5.41, 5.74) is 2.77. The third-order valence-corrected chi connectivity index (χ3v) is 8.71. The Morgan fingerprint density at radius 3 is 2.61 bits per heavy atom. The number of rotatable bonds is 5. The molecule has 5 rings (SSSR count). The summed E-state index contributed by atoms with van der Waals surface area (Å²) in [6.07, 6.45) is 6.82. The largest absolute Gasteiger partial charge is 0.357 e. The average molecular weight is 454 g/mol. The molecule has 4 aromatic rings. The molecular weight excluding hydrogens is 434 g/mol. The van der Waals surface area contributed by atoms with Gasteiger partial charge in [-0.1, -0.05) is 0 Å². The molecule has 0 radical (unpaired) electrons. The summed E-state index contributed by atoms with van der Waals surface area (Å²) >= 11 is 1.20. The third kappa shape index (κ3) is 3.85. The minimum atomic E-state index is -3.73. The highest BCUT2D eigenvalue weighted by Gasteiger charge is 2.34. The first-order chi connectivity index (χ1) is 15.0. The smallest absolute Gasteiger partial charge is 0.253 e. The lowest BCUT2D eigenvalue weighted by Gasteiger charge is -2.33. The van der Waals surface area contributed by atoms with E-state index in [-0.39, 0.29) is 23.2 Å². The average Bonchev–Trinajstić information content (AvgIpc) is 3.43. The Balaban J connectivity index is 1.29. The summed E-state index contributed by atoms with van der Waals surface area (Å²) < 4.78 is 27.7. The van der Waals surface area contributed by atoms with Gasteiger partial charge < -0.3 is 9.88 Å². The van der Waals surface area contributed by atoms with Crippen LogP contribution in [0, 0.1) is 0 Å². The Kier molecular flexibility index (Phi) is 5.05. The van der Waals surface area contributed by atoms with Gasteiger partial charge >= 0.3 is 0 Å². The van der Waals surface area contributed by atoms with Crippen molar-refractivity contribution < 1.29 is 13.2 Å². The van der Waals surface area contributed by atoms with Crippen LogP contribution in [0.3, 0.4) is 0 Å². The monoisotopic (exact) mass is 453 g/mol. The zero-order chi connectivity index (χ0) is 21.4. The van der Waals surface area contributed by atoms with Crippen LogP contribution in [-0.4, -0.2) is 58.1 Å². The van der Waals surface area contributed by atoms with Gasteiger partial charge in [0.25, 0.3) is 10.0 Å². The van der Waals surface area contributed by atoms with E-state index >= 15 is 0 Å². The van der Waals surface area contributed by atoms with Gasteiger partial charge in [0, 0.05) is 59.4 Å². The van der Waals surface area contributed by atoms with E-state index in [1.165, 1.54) is 15.6 Å². The molecule has 0 saturated carbocycles. The topological polar surface area (TPSA) is 99.3 Å². The van der Waals surface area contributed by atoms with Gasteiger partial charge in [0.2, 0.25) is 5.91 Å². The van der Waals surface area contributed by atoms with Gasteiger partial charge in [-0.3, -0.25) is 14.8 Å². The number of carbonyl (C=O) groups is 1. The van der Waals surface area contributed by atoms with Crippen LogP contribution in [0.1, 0.15) is 5.69 Å². The standard InChI is InChI=1S/C21H19N5O3S2/c27-20-14-26(10-9-25(20)13-17-11-16-12-23-8-5-18(16)24-17)31(28,29)21-2-1-19(30-21)15-3-6-22-7-4-15/h1-8,11-12,24H,9-10,13-14H2. The van der Waals surface area contributed by atoms with E-state index in [4.69, 9.17) is 0 Å². The van der Waals surface area contributed by atoms with Crippen LogP contribution < -0.4 is 0 Å². The molecule has 0 atom stereocenters. The minimum absolute atomic E-state index is 0.160. The fourth-order valence-corrected chi connectivity index (χ4v) is 6.49. The van der Waals surface area contributed by atoms with Crippen molar-refractivity contribution >= 4 is 38.2 Å². The Hall–Kier alpha value is -3.08. The van der Waals surface area contributed by atoms with Gasteiger partial charge in [0.15, 0.2) is 0 Å². The van der Waals surface area contributed by atoms with E-state index in [1.807, 2.05) is 24.3 Å². The second-order valence-corrected chi connectivity index (χ2v) is 10.5. The van der Waals surface area contributed by atoms with Crippen molar-refractivity contribution in [2.45, 2.75) is 10.8 Å². The minimum Gasteiger partial charge on any atom is -0.357 e. The van der Waals surface area contributed by atoms with Gasteiger partial charge in [-0.25, -0.2) is 8.42 Å². The number of H-pyrrole nitrogens is 1. The van der Waals surface area contributed by atoms with Gasteiger partial charge in [-0.2, -0.15) is 4.31 Å². The fourth-order valence-electron chi connectivity index (χ4n) is 3.64. The molecular formula is C21H19N5O3S2. The van der Waals surface area contributed by atoms with E-state index in [1.54, 1.807) is 41.8 Å². The highest BCUT2D eigenvalue weighted by molar-refractivity contribution is 7.91. The zero-order valence-electron chi connectivity index (χ0n) is 16.4. The molecule has 0 aliphatic carbocycles.